The van der Waals surface area contributed by atoms with Crippen LogP contribution in [-0.2, 0) is 22.6 Å². The van der Waals surface area contributed by atoms with Crippen LogP contribution in [0, 0.1) is 13.8 Å². The maximum Gasteiger partial charge on any atom is 0.138 e. The topological polar surface area (TPSA) is 60.6 Å². The van der Waals surface area contributed by atoms with E-state index in [1.165, 1.54) is 5.56 Å². The third-order valence-electron chi connectivity index (χ3n) is 5.41. The van der Waals surface area contributed by atoms with Gasteiger partial charge in [-0.1, -0.05) is 5.16 Å². The Bertz CT molecular complexity index is 684. The predicted molar refractivity (Wildman–Crippen MR) is 92.0 cm³/mol. The zero-order valence-corrected chi connectivity index (χ0v) is 14.9. The fourth-order valence-corrected chi connectivity index (χ4v) is 3.98. The Balaban J connectivity index is 1.48. The van der Waals surface area contributed by atoms with E-state index in [1.54, 1.807) is 12.4 Å². The molecule has 3 atom stereocenters. The van der Waals surface area contributed by atoms with Gasteiger partial charge in [0.15, 0.2) is 0 Å². The minimum absolute atomic E-state index is 0.108. The van der Waals surface area contributed by atoms with Crippen molar-refractivity contribution in [1.82, 2.24) is 15.0 Å². The smallest absolute Gasteiger partial charge is 0.138 e. The second kappa shape index (κ2) is 7.23. The van der Waals surface area contributed by atoms with Gasteiger partial charge in [0.05, 0.1) is 31.1 Å². The van der Waals surface area contributed by atoms with Crippen LogP contribution in [0.15, 0.2) is 29.0 Å². The molecule has 3 heterocycles. The third kappa shape index (κ3) is 3.47. The summed E-state index contributed by atoms with van der Waals surface area (Å²) in [5, 5.41) is 4.09. The van der Waals surface area contributed by atoms with Crippen LogP contribution in [-0.4, -0.2) is 46.4 Å². The maximum atomic E-state index is 6.31. The number of rotatable bonds is 5. The summed E-state index contributed by atoms with van der Waals surface area (Å²) in [4.78, 5) is 6.55. The summed E-state index contributed by atoms with van der Waals surface area (Å²) >= 11 is 0. The van der Waals surface area contributed by atoms with Crippen molar-refractivity contribution in [1.29, 1.82) is 0 Å². The van der Waals surface area contributed by atoms with Crippen molar-refractivity contribution >= 4 is 0 Å². The molecule has 1 aliphatic heterocycles. The molecule has 6 nitrogen and oxygen atoms in total. The lowest BCUT2D eigenvalue weighted by molar-refractivity contribution is -0.0614. The number of pyridine rings is 1. The first-order chi connectivity index (χ1) is 12.2. The van der Waals surface area contributed by atoms with Crippen LogP contribution < -0.4 is 0 Å². The second-order valence-electron chi connectivity index (χ2n) is 6.96. The van der Waals surface area contributed by atoms with Crippen molar-refractivity contribution in [2.45, 2.75) is 58.1 Å². The molecule has 0 radical (unpaired) electrons. The number of hydrogen-bond donors (Lipinski definition) is 0. The molecule has 2 aromatic rings. The van der Waals surface area contributed by atoms with Crippen LogP contribution in [0.3, 0.4) is 0 Å². The summed E-state index contributed by atoms with van der Waals surface area (Å²) in [5.74, 6) is 0.909. The lowest BCUT2D eigenvalue weighted by Crippen LogP contribution is -2.42. The third-order valence-corrected chi connectivity index (χ3v) is 5.41. The summed E-state index contributed by atoms with van der Waals surface area (Å²) in [6.45, 7) is 7.10. The minimum Gasteiger partial charge on any atom is -0.374 e. The van der Waals surface area contributed by atoms with E-state index >= 15 is 0 Å². The molecule has 2 aromatic heterocycles. The first-order valence-electron chi connectivity index (χ1n) is 9.00. The summed E-state index contributed by atoms with van der Waals surface area (Å²) in [6, 6.07) is 4.38. The molecule has 134 valence electrons. The molecule has 2 fully saturated rings. The van der Waals surface area contributed by atoms with Crippen LogP contribution in [0.5, 0.6) is 0 Å². The highest BCUT2D eigenvalue weighted by Gasteiger charge is 2.43. The van der Waals surface area contributed by atoms with E-state index in [-0.39, 0.29) is 12.2 Å². The van der Waals surface area contributed by atoms with Gasteiger partial charge >= 0.3 is 0 Å². The molecule has 4 rings (SSSR count). The van der Waals surface area contributed by atoms with Crippen molar-refractivity contribution in [2.24, 2.45) is 0 Å². The van der Waals surface area contributed by atoms with E-state index in [4.69, 9.17) is 14.0 Å². The number of nitrogens with zero attached hydrogens (tertiary/aromatic N) is 3. The molecule has 0 spiro atoms. The van der Waals surface area contributed by atoms with Gasteiger partial charge in [0.1, 0.15) is 5.76 Å². The number of aromatic nitrogens is 2. The molecule has 1 saturated carbocycles. The number of aryl methyl sites for hydroxylation is 2. The largest absolute Gasteiger partial charge is 0.374 e. The molecule has 0 aromatic carbocycles. The van der Waals surface area contributed by atoms with Gasteiger partial charge in [0.2, 0.25) is 0 Å². The maximum absolute atomic E-state index is 6.31. The van der Waals surface area contributed by atoms with Gasteiger partial charge in [-0.05, 0) is 44.4 Å². The SMILES string of the molecule is Cc1noc(C)c1CN1CCO[C@H]2CC[C@H]1[C@H]2OCc1ccncc1. The molecule has 1 saturated heterocycles. The molecule has 1 aliphatic carbocycles. The molecular weight excluding hydrogens is 318 g/mol. The normalized spacial score (nSPS) is 26.7. The second-order valence-corrected chi connectivity index (χ2v) is 6.96. The Labute approximate surface area is 148 Å². The van der Waals surface area contributed by atoms with Crippen LogP contribution in [0.4, 0.5) is 0 Å². The summed E-state index contributed by atoms with van der Waals surface area (Å²) in [7, 11) is 0. The quantitative estimate of drug-likeness (QED) is 0.832. The fourth-order valence-electron chi connectivity index (χ4n) is 3.98. The van der Waals surface area contributed by atoms with E-state index < -0.39 is 0 Å². The summed E-state index contributed by atoms with van der Waals surface area (Å²) in [6.07, 6.45) is 6.08. The van der Waals surface area contributed by atoms with Crippen LogP contribution in [0.25, 0.3) is 0 Å². The standard InChI is InChI=1S/C19H25N3O3/c1-13-16(14(2)25-21-13)11-22-9-10-23-18-4-3-17(22)19(18)24-12-15-5-7-20-8-6-15/h5-8,17-19H,3-4,9-12H2,1-2H3/t17-,18-,19+/m0/s1. The van der Waals surface area contributed by atoms with Crippen molar-refractivity contribution in [3.05, 3.63) is 47.1 Å². The number of hydrogen-bond acceptors (Lipinski definition) is 6. The molecule has 0 unspecified atom stereocenters. The van der Waals surface area contributed by atoms with Crippen molar-refractivity contribution in [2.75, 3.05) is 13.2 Å². The fraction of sp³-hybridized carbons (Fsp3) is 0.579. The zero-order chi connectivity index (χ0) is 17.2. The molecule has 0 N–H and O–H groups in total. The zero-order valence-electron chi connectivity index (χ0n) is 14.9. The van der Waals surface area contributed by atoms with Gasteiger partial charge in [-0.15, -0.1) is 0 Å². The average molecular weight is 343 g/mol. The molecule has 6 heteroatoms. The van der Waals surface area contributed by atoms with Crippen LogP contribution in [0.1, 0.15) is 35.4 Å². The van der Waals surface area contributed by atoms with E-state index in [0.717, 1.165) is 49.6 Å². The number of fused-ring (bicyclic) bond motifs is 2. The van der Waals surface area contributed by atoms with E-state index in [2.05, 4.69) is 15.0 Å². The van der Waals surface area contributed by atoms with Gasteiger partial charge in [-0.2, -0.15) is 0 Å². The first kappa shape index (κ1) is 16.7. The summed E-state index contributed by atoms with van der Waals surface area (Å²) in [5.41, 5.74) is 3.32. The van der Waals surface area contributed by atoms with Gasteiger partial charge in [0, 0.05) is 37.1 Å². The average Bonchev–Trinajstić information content (AvgIpc) is 3.10. The minimum atomic E-state index is 0.108. The Kier molecular flexibility index (Phi) is 4.83. The Morgan fingerprint density at radius 1 is 1.24 bits per heavy atom. The van der Waals surface area contributed by atoms with Gasteiger partial charge in [0.25, 0.3) is 0 Å². The highest BCUT2D eigenvalue weighted by molar-refractivity contribution is 5.21. The Morgan fingerprint density at radius 3 is 2.84 bits per heavy atom. The van der Waals surface area contributed by atoms with Crippen LogP contribution in [0.2, 0.25) is 0 Å². The summed E-state index contributed by atoms with van der Waals surface area (Å²) < 4.78 is 17.7. The Morgan fingerprint density at radius 2 is 2.08 bits per heavy atom. The highest BCUT2D eigenvalue weighted by atomic mass is 16.5. The molecule has 2 bridgehead atoms. The molecule has 2 aliphatic rings. The Hall–Kier alpha value is -1.76. The van der Waals surface area contributed by atoms with E-state index in [0.29, 0.717) is 12.6 Å². The van der Waals surface area contributed by atoms with Gasteiger partial charge in [-0.3, -0.25) is 9.88 Å². The monoisotopic (exact) mass is 343 g/mol. The van der Waals surface area contributed by atoms with Crippen molar-refractivity contribution in [3.63, 3.8) is 0 Å². The molecule has 0 amide bonds. The number of ether oxygens (including phenoxy) is 2. The highest BCUT2D eigenvalue weighted by Crippen LogP contribution is 2.34. The lowest BCUT2D eigenvalue weighted by Gasteiger charge is -2.31. The lowest BCUT2D eigenvalue weighted by atomic mass is 10.1. The van der Waals surface area contributed by atoms with Crippen LogP contribution >= 0.6 is 0 Å². The first-order valence-corrected chi connectivity index (χ1v) is 9.00. The van der Waals surface area contributed by atoms with E-state index in [9.17, 15) is 0 Å². The van der Waals surface area contributed by atoms with Gasteiger partial charge in [-0.25, -0.2) is 0 Å². The molecular formula is C19H25N3O3. The van der Waals surface area contributed by atoms with Crippen molar-refractivity contribution in [3.8, 4) is 0 Å². The predicted octanol–water partition coefficient (Wildman–Crippen LogP) is 2.64. The van der Waals surface area contributed by atoms with Gasteiger partial charge < -0.3 is 14.0 Å². The van der Waals surface area contributed by atoms with E-state index in [1.807, 2.05) is 26.0 Å². The van der Waals surface area contributed by atoms with Crippen molar-refractivity contribution < 1.29 is 14.0 Å². The molecule has 25 heavy (non-hydrogen) atoms.